The van der Waals surface area contributed by atoms with Crippen LogP contribution in [0.5, 0.6) is 0 Å². The number of halogens is 1. The number of hydrogen-bond donors (Lipinski definition) is 1. The summed E-state index contributed by atoms with van der Waals surface area (Å²) in [5.74, 6) is 0. The largest absolute Gasteiger partial charge is 0.384 e. The molecule has 0 saturated heterocycles. The van der Waals surface area contributed by atoms with Crippen LogP contribution >= 0.6 is 22.6 Å². The lowest BCUT2D eigenvalue weighted by Gasteiger charge is -2.15. The Hall–Kier alpha value is -1.46. The lowest BCUT2D eigenvalue weighted by atomic mass is 9.99. The molecule has 0 aliphatic rings. The number of para-hydroxylation sites is 1. The van der Waals surface area contributed by atoms with E-state index in [1.165, 1.54) is 0 Å². The average molecular weight is 361 g/mol. The van der Waals surface area contributed by atoms with Gasteiger partial charge < -0.3 is 5.11 Å². The number of hydrogen-bond acceptors (Lipinski definition) is 2. The molecule has 3 heteroatoms. The fourth-order valence-electron chi connectivity index (χ4n) is 2.21. The zero-order valence-electron chi connectivity index (χ0n) is 10.1. The molecule has 2 nitrogen and oxygen atoms in total. The fourth-order valence-corrected chi connectivity index (χ4v) is 2.90. The number of aliphatic hydroxyl groups is 1. The first kappa shape index (κ1) is 12.6. The van der Waals surface area contributed by atoms with Crippen molar-refractivity contribution in [3.8, 4) is 0 Å². The van der Waals surface area contributed by atoms with Crippen LogP contribution in [0.3, 0.4) is 0 Å². The maximum Gasteiger partial charge on any atom is 0.107 e. The zero-order chi connectivity index (χ0) is 13.2. The number of aliphatic hydroxyl groups excluding tert-OH is 1. The van der Waals surface area contributed by atoms with Gasteiger partial charge in [0.2, 0.25) is 0 Å². The number of fused-ring (bicyclic) bond motifs is 1. The van der Waals surface area contributed by atoms with Crippen LogP contribution in [-0.2, 0) is 0 Å². The molecule has 3 aromatic rings. The van der Waals surface area contributed by atoms with Crippen molar-refractivity contribution in [2.24, 2.45) is 0 Å². The first-order valence-corrected chi connectivity index (χ1v) is 7.11. The summed E-state index contributed by atoms with van der Waals surface area (Å²) in [6.07, 6.45) is 1.11. The van der Waals surface area contributed by atoms with E-state index in [-0.39, 0.29) is 0 Å². The van der Waals surface area contributed by atoms with Crippen LogP contribution < -0.4 is 0 Å². The molecule has 0 fully saturated rings. The molecule has 1 N–H and O–H groups in total. The van der Waals surface area contributed by atoms with Gasteiger partial charge in [-0.25, -0.2) is 0 Å². The molecule has 0 bridgehead atoms. The number of benzene rings is 2. The van der Waals surface area contributed by atoms with Crippen molar-refractivity contribution in [2.45, 2.75) is 6.10 Å². The summed E-state index contributed by atoms with van der Waals surface area (Å²) >= 11 is 2.25. The van der Waals surface area contributed by atoms with Crippen LogP contribution in [0, 0.1) is 3.57 Å². The molecule has 2 aromatic carbocycles. The molecule has 3 rings (SSSR count). The fraction of sp³-hybridized carbons (Fsp3) is 0.0625. The Morgan fingerprint density at radius 3 is 2.47 bits per heavy atom. The molecule has 19 heavy (non-hydrogen) atoms. The van der Waals surface area contributed by atoms with Crippen molar-refractivity contribution in [1.29, 1.82) is 0 Å². The van der Waals surface area contributed by atoms with Gasteiger partial charge >= 0.3 is 0 Å². The minimum atomic E-state index is -0.647. The van der Waals surface area contributed by atoms with Crippen molar-refractivity contribution in [2.75, 3.05) is 0 Å². The van der Waals surface area contributed by atoms with E-state index in [1.54, 1.807) is 6.20 Å². The Balaban J connectivity index is 2.17. The van der Waals surface area contributed by atoms with Crippen molar-refractivity contribution in [1.82, 2.24) is 4.98 Å². The summed E-state index contributed by atoms with van der Waals surface area (Å²) in [5, 5.41) is 11.7. The molecular formula is C16H12INO. The summed E-state index contributed by atoms with van der Waals surface area (Å²) in [6, 6.07) is 17.7. The number of nitrogens with zero attached hydrogens (tertiary/aromatic N) is 1. The highest BCUT2D eigenvalue weighted by molar-refractivity contribution is 14.1. The first-order valence-electron chi connectivity index (χ1n) is 6.03. The third kappa shape index (κ3) is 2.35. The van der Waals surface area contributed by atoms with Gasteiger partial charge in [0.25, 0.3) is 0 Å². The van der Waals surface area contributed by atoms with Crippen LogP contribution in [0.1, 0.15) is 17.2 Å². The topological polar surface area (TPSA) is 33.1 Å². The van der Waals surface area contributed by atoms with E-state index >= 15 is 0 Å². The Kier molecular flexibility index (Phi) is 3.48. The second-order valence-corrected chi connectivity index (χ2v) is 5.51. The van der Waals surface area contributed by atoms with E-state index in [1.807, 2.05) is 54.6 Å². The van der Waals surface area contributed by atoms with E-state index < -0.39 is 6.10 Å². The Bertz CT molecular complexity index is 721. The normalized spacial score (nSPS) is 12.5. The summed E-state index contributed by atoms with van der Waals surface area (Å²) in [4.78, 5) is 4.39. The summed E-state index contributed by atoms with van der Waals surface area (Å²) in [7, 11) is 0. The minimum absolute atomic E-state index is 0.647. The maximum absolute atomic E-state index is 10.6. The van der Waals surface area contributed by atoms with Gasteiger partial charge in [-0.2, -0.15) is 0 Å². The zero-order valence-corrected chi connectivity index (χ0v) is 12.3. The van der Waals surface area contributed by atoms with E-state index in [4.69, 9.17) is 0 Å². The molecule has 0 saturated carbocycles. The van der Waals surface area contributed by atoms with E-state index in [0.717, 1.165) is 25.6 Å². The highest BCUT2D eigenvalue weighted by Gasteiger charge is 2.16. The lowest BCUT2D eigenvalue weighted by molar-refractivity contribution is 0.221. The van der Waals surface area contributed by atoms with Gasteiger partial charge in [0.1, 0.15) is 6.10 Å². The summed E-state index contributed by atoms with van der Waals surface area (Å²) in [5.41, 5.74) is 2.63. The van der Waals surface area contributed by atoms with Crippen LogP contribution in [0.25, 0.3) is 10.9 Å². The molecule has 0 aliphatic heterocycles. The average Bonchev–Trinajstić information content (AvgIpc) is 2.46. The highest BCUT2D eigenvalue weighted by atomic mass is 127. The van der Waals surface area contributed by atoms with Crippen LogP contribution in [0.4, 0.5) is 0 Å². The molecule has 1 heterocycles. The van der Waals surface area contributed by atoms with Crippen LogP contribution in [-0.4, -0.2) is 10.1 Å². The predicted molar refractivity (Wildman–Crippen MR) is 85.0 cm³/mol. The molecule has 1 atom stereocenters. The number of pyridine rings is 1. The number of aromatic nitrogens is 1. The van der Waals surface area contributed by atoms with E-state index in [9.17, 15) is 5.11 Å². The van der Waals surface area contributed by atoms with Gasteiger partial charge in [-0.05, 0) is 40.3 Å². The third-order valence-electron chi connectivity index (χ3n) is 3.16. The number of rotatable bonds is 2. The predicted octanol–water partition coefficient (Wildman–Crippen LogP) is 3.92. The molecule has 94 valence electrons. The lowest BCUT2D eigenvalue weighted by Crippen LogP contribution is -2.03. The van der Waals surface area contributed by atoms with Gasteiger partial charge in [0.05, 0.1) is 5.52 Å². The monoisotopic (exact) mass is 361 g/mol. The SMILES string of the molecule is OC(c1ccccc1I)c1cccc2cccnc12. The minimum Gasteiger partial charge on any atom is -0.384 e. The Labute approximate surface area is 125 Å². The molecule has 0 aliphatic carbocycles. The van der Waals surface area contributed by atoms with Gasteiger partial charge in [-0.1, -0.05) is 42.5 Å². The standard InChI is InChI=1S/C16H12INO/c17-14-9-2-1-7-12(14)16(19)13-8-3-5-11-6-4-10-18-15(11)13/h1-10,16,19H. The second-order valence-electron chi connectivity index (χ2n) is 4.35. The summed E-state index contributed by atoms with van der Waals surface area (Å²) < 4.78 is 1.06. The molecular weight excluding hydrogens is 349 g/mol. The molecule has 0 radical (unpaired) electrons. The summed E-state index contributed by atoms with van der Waals surface area (Å²) in [6.45, 7) is 0. The molecule has 0 amide bonds. The molecule has 1 aromatic heterocycles. The maximum atomic E-state index is 10.6. The smallest absolute Gasteiger partial charge is 0.107 e. The van der Waals surface area contributed by atoms with Crippen molar-refractivity contribution < 1.29 is 5.11 Å². The van der Waals surface area contributed by atoms with Crippen molar-refractivity contribution in [3.63, 3.8) is 0 Å². The van der Waals surface area contributed by atoms with Crippen molar-refractivity contribution >= 4 is 33.5 Å². The quantitative estimate of drug-likeness (QED) is 0.702. The highest BCUT2D eigenvalue weighted by Crippen LogP contribution is 2.29. The first-order chi connectivity index (χ1) is 9.27. The van der Waals surface area contributed by atoms with E-state index in [0.29, 0.717) is 0 Å². The Morgan fingerprint density at radius 1 is 0.895 bits per heavy atom. The van der Waals surface area contributed by atoms with Gasteiger partial charge in [0.15, 0.2) is 0 Å². The third-order valence-corrected chi connectivity index (χ3v) is 4.14. The second kappa shape index (κ2) is 5.27. The molecule has 1 unspecified atom stereocenters. The van der Waals surface area contributed by atoms with Gasteiger partial charge in [-0.15, -0.1) is 0 Å². The molecule has 0 spiro atoms. The Morgan fingerprint density at radius 2 is 1.63 bits per heavy atom. The van der Waals surface area contributed by atoms with Gasteiger partial charge in [0, 0.05) is 20.7 Å². The van der Waals surface area contributed by atoms with Crippen molar-refractivity contribution in [3.05, 3.63) is 75.5 Å². The van der Waals surface area contributed by atoms with Crippen LogP contribution in [0.15, 0.2) is 60.8 Å². The van der Waals surface area contributed by atoms with E-state index in [2.05, 4.69) is 27.6 Å². The van der Waals surface area contributed by atoms with Gasteiger partial charge in [-0.3, -0.25) is 4.98 Å². The van der Waals surface area contributed by atoms with Crippen LogP contribution in [0.2, 0.25) is 0 Å².